The van der Waals surface area contributed by atoms with Crippen molar-refractivity contribution in [2.75, 3.05) is 6.54 Å². The van der Waals surface area contributed by atoms with Crippen LogP contribution in [0, 0.1) is 0 Å². The number of rotatable bonds is 3. The summed E-state index contributed by atoms with van der Waals surface area (Å²) in [6, 6.07) is 10.6. The van der Waals surface area contributed by atoms with Crippen LogP contribution in [-0.4, -0.2) is 22.5 Å². The van der Waals surface area contributed by atoms with Crippen LogP contribution in [0.3, 0.4) is 0 Å². The summed E-state index contributed by atoms with van der Waals surface area (Å²) in [4.78, 5) is 14.8. The van der Waals surface area contributed by atoms with Gasteiger partial charge in [0.15, 0.2) is 5.78 Å². The molecular weight excluding hydrogens is 266 g/mol. The molecule has 2 nitrogen and oxygen atoms in total. The second-order valence-electron chi connectivity index (χ2n) is 5.53. The summed E-state index contributed by atoms with van der Waals surface area (Å²) in [7, 11) is 0. The smallest absolute Gasteiger partial charge is 0.174 e. The number of benzene rings is 1. The van der Waals surface area contributed by atoms with Crippen molar-refractivity contribution in [3.05, 3.63) is 46.5 Å². The van der Waals surface area contributed by atoms with E-state index < -0.39 is 0 Å². The van der Waals surface area contributed by atoms with Crippen LogP contribution >= 0.6 is 11.8 Å². The van der Waals surface area contributed by atoms with Crippen LogP contribution in [0.4, 0.5) is 0 Å². The molecule has 0 fully saturated rings. The highest BCUT2D eigenvalue weighted by Gasteiger charge is 2.35. The molecule has 3 rings (SSSR count). The van der Waals surface area contributed by atoms with Gasteiger partial charge in [0, 0.05) is 18.7 Å². The topological polar surface area (TPSA) is 20.3 Å². The van der Waals surface area contributed by atoms with Gasteiger partial charge in [-0.3, -0.25) is 4.79 Å². The molecule has 0 bridgehead atoms. The van der Waals surface area contributed by atoms with Crippen molar-refractivity contribution in [3.63, 3.8) is 0 Å². The van der Waals surface area contributed by atoms with Crippen LogP contribution in [0.1, 0.15) is 38.2 Å². The lowest BCUT2D eigenvalue weighted by Gasteiger charge is -2.25. The molecule has 20 heavy (non-hydrogen) atoms. The van der Waals surface area contributed by atoms with Gasteiger partial charge in [0.25, 0.3) is 0 Å². The van der Waals surface area contributed by atoms with Crippen molar-refractivity contribution >= 4 is 17.5 Å². The first kappa shape index (κ1) is 13.7. The minimum atomic E-state index is 0.163. The highest BCUT2D eigenvalue weighted by Crippen LogP contribution is 2.42. The number of ketones is 1. The Bertz CT molecular complexity index is 523. The highest BCUT2D eigenvalue weighted by molar-refractivity contribution is 8.04. The van der Waals surface area contributed by atoms with Crippen molar-refractivity contribution < 1.29 is 4.79 Å². The van der Waals surface area contributed by atoms with E-state index in [9.17, 15) is 4.79 Å². The van der Waals surface area contributed by atoms with Gasteiger partial charge in [-0.15, -0.1) is 0 Å². The first-order valence-corrected chi connectivity index (χ1v) is 8.40. The molecule has 0 aliphatic carbocycles. The molecule has 0 spiro atoms. The lowest BCUT2D eigenvalue weighted by Crippen LogP contribution is -2.21. The number of allylic oxidation sites excluding steroid dienone is 1. The van der Waals surface area contributed by atoms with Crippen molar-refractivity contribution in [3.8, 4) is 0 Å². The minimum absolute atomic E-state index is 0.163. The van der Waals surface area contributed by atoms with E-state index in [4.69, 9.17) is 0 Å². The maximum absolute atomic E-state index is 12.4. The zero-order valence-corrected chi connectivity index (χ0v) is 12.8. The van der Waals surface area contributed by atoms with Gasteiger partial charge in [0.1, 0.15) is 0 Å². The fourth-order valence-electron chi connectivity index (χ4n) is 2.98. The third-order valence-corrected chi connectivity index (χ3v) is 5.64. The van der Waals surface area contributed by atoms with E-state index in [2.05, 4.69) is 42.2 Å². The molecule has 1 aromatic rings. The van der Waals surface area contributed by atoms with Gasteiger partial charge in [-0.25, -0.2) is 0 Å². The predicted octanol–water partition coefficient (Wildman–Crippen LogP) is 3.98. The zero-order chi connectivity index (χ0) is 13.9. The van der Waals surface area contributed by atoms with Crippen LogP contribution in [0.15, 0.2) is 40.9 Å². The van der Waals surface area contributed by atoms with Crippen LogP contribution in [0.2, 0.25) is 0 Å². The van der Waals surface area contributed by atoms with Gasteiger partial charge in [-0.2, -0.15) is 0 Å². The first-order chi connectivity index (χ1) is 9.79. The summed E-state index contributed by atoms with van der Waals surface area (Å²) in [5.74, 6) is 0.396. The van der Waals surface area contributed by atoms with E-state index in [0.29, 0.717) is 5.78 Å². The number of hydrogen-bond acceptors (Lipinski definition) is 3. The number of carbonyl (C=O) groups excluding carboxylic acids is 1. The third-order valence-electron chi connectivity index (χ3n) is 4.08. The lowest BCUT2D eigenvalue weighted by molar-refractivity contribution is -0.115. The van der Waals surface area contributed by atoms with Gasteiger partial charge in [-0.05, 0) is 31.2 Å². The number of thioether (sulfide) groups is 1. The number of Topliss-reactive ketones (excluding diaryl/α,β-unsaturated/α-hetero) is 1. The van der Waals surface area contributed by atoms with Crippen molar-refractivity contribution in [1.82, 2.24) is 4.90 Å². The molecule has 1 aromatic carbocycles. The second-order valence-corrected chi connectivity index (χ2v) is 6.72. The Morgan fingerprint density at radius 3 is 2.80 bits per heavy atom. The van der Waals surface area contributed by atoms with E-state index in [0.717, 1.165) is 37.9 Å². The molecule has 0 aromatic heterocycles. The summed E-state index contributed by atoms with van der Waals surface area (Å²) in [5, 5.41) is 1.43. The fourth-order valence-corrected chi connectivity index (χ4v) is 4.32. The number of carbonyl (C=O) groups is 1. The standard InChI is InChI=1S/C17H21NOS/c1-2-15-16(19)14-10-6-7-11-18(17(14)20-15)12-13-8-4-3-5-9-13/h3-5,8-9,15H,2,6-7,10-12H2,1H3. The summed E-state index contributed by atoms with van der Waals surface area (Å²) in [6.45, 7) is 4.12. The Morgan fingerprint density at radius 2 is 2.05 bits per heavy atom. The van der Waals surface area contributed by atoms with E-state index in [1.807, 2.05) is 0 Å². The normalized spacial score (nSPS) is 22.9. The molecule has 2 aliphatic heterocycles. The number of nitrogens with zero attached hydrogens (tertiary/aromatic N) is 1. The molecule has 0 N–H and O–H groups in total. The molecule has 1 unspecified atom stereocenters. The molecule has 0 radical (unpaired) electrons. The molecule has 0 saturated heterocycles. The van der Waals surface area contributed by atoms with Crippen molar-refractivity contribution in [2.45, 2.75) is 44.4 Å². The minimum Gasteiger partial charge on any atom is -0.362 e. The predicted molar refractivity (Wildman–Crippen MR) is 84.4 cm³/mol. The quantitative estimate of drug-likeness (QED) is 0.838. The Balaban J connectivity index is 1.84. The first-order valence-electron chi connectivity index (χ1n) is 7.52. The molecule has 2 aliphatic rings. The summed E-state index contributed by atoms with van der Waals surface area (Å²) in [6.07, 6.45) is 4.25. The molecule has 0 saturated carbocycles. The van der Waals surface area contributed by atoms with Crippen LogP contribution in [0.25, 0.3) is 0 Å². The lowest BCUT2D eigenvalue weighted by atomic mass is 10.0. The number of hydrogen-bond donors (Lipinski definition) is 0. The summed E-state index contributed by atoms with van der Waals surface area (Å²) in [5.41, 5.74) is 2.43. The zero-order valence-electron chi connectivity index (χ0n) is 12.0. The maximum atomic E-state index is 12.4. The molecular formula is C17H21NOS. The third kappa shape index (κ3) is 2.64. The highest BCUT2D eigenvalue weighted by atomic mass is 32.2. The largest absolute Gasteiger partial charge is 0.362 e. The van der Waals surface area contributed by atoms with Crippen LogP contribution in [-0.2, 0) is 11.3 Å². The Morgan fingerprint density at radius 1 is 1.25 bits per heavy atom. The molecule has 2 heterocycles. The van der Waals surface area contributed by atoms with Gasteiger partial charge in [-0.1, -0.05) is 49.0 Å². The average Bonchev–Trinajstić information content (AvgIpc) is 2.66. The monoisotopic (exact) mass is 287 g/mol. The Labute approximate surface area is 125 Å². The van der Waals surface area contributed by atoms with Gasteiger partial charge < -0.3 is 4.90 Å². The van der Waals surface area contributed by atoms with Crippen molar-refractivity contribution in [2.24, 2.45) is 0 Å². The van der Waals surface area contributed by atoms with Gasteiger partial charge in [0.05, 0.1) is 10.3 Å². The second kappa shape index (κ2) is 6.04. The van der Waals surface area contributed by atoms with E-state index in [1.165, 1.54) is 17.0 Å². The molecule has 106 valence electrons. The fraction of sp³-hybridized carbons (Fsp3) is 0.471. The average molecular weight is 287 g/mol. The van der Waals surface area contributed by atoms with Crippen LogP contribution in [0.5, 0.6) is 0 Å². The Hall–Kier alpha value is -1.22. The van der Waals surface area contributed by atoms with E-state index >= 15 is 0 Å². The van der Waals surface area contributed by atoms with Crippen LogP contribution < -0.4 is 0 Å². The van der Waals surface area contributed by atoms with Crippen molar-refractivity contribution in [1.29, 1.82) is 0 Å². The van der Waals surface area contributed by atoms with Gasteiger partial charge in [0.2, 0.25) is 0 Å². The molecule has 1 atom stereocenters. The SMILES string of the molecule is CCC1SC2=C(CCCCN2Cc2ccccc2)C1=O. The van der Waals surface area contributed by atoms with Gasteiger partial charge >= 0.3 is 0 Å². The summed E-state index contributed by atoms with van der Waals surface area (Å²) >= 11 is 1.80. The van der Waals surface area contributed by atoms with E-state index in [1.54, 1.807) is 11.8 Å². The van der Waals surface area contributed by atoms with E-state index in [-0.39, 0.29) is 5.25 Å². The Kier molecular flexibility index (Phi) is 4.16. The maximum Gasteiger partial charge on any atom is 0.174 e. The molecule has 3 heteroatoms. The summed E-state index contributed by atoms with van der Waals surface area (Å²) < 4.78 is 0. The molecule has 0 amide bonds.